The Morgan fingerprint density at radius 1 is 1.19 bits per heavy atom. The minimum Gasteiger partial charge on any atom is -0.444 e. The second-order valence-corrected chi connectivity index (χ2v) is 9.78. The highest BCUT2D eigenvalue weighted by atomic mass is 16.6. The van der Waals surface area contributed by atoms with Crippen LogP contribution in [0.25, 0.3) is 0 Å². The monoisotopic (exact) mass is 358 g/mol. The van der Waals surface area contributed by atoms with Crippen molar-refractivity contribution < 1.29 is 9.53 Å². The van der Waals surface area contributed by atoms with Crippen molar-refractivity contribution in [3.63, 3.8) is 0 Å². The number of benzene rings is 1. The molecule has 0 bridgehead atoms. The fraction of sp³-hybridized carbons (Fsp3) is 0.682. The first-order valence-electron chi connectivity index (χ1n) is 9.91. The van der Waals surface area contributed by atoms with Crippen molar-refractivity contribution in [3.05, 3.63) is 35.9 Å². The SMILES string of the molecule is CC1(C)CC(N(C(=O)OC(C)(C)C)C2CCN(Cc3ccccc3)C2)C1. The van der Waals surface area contributed by atoms with Crippen LogP contribution in [0.1, 0.15) is 59.4 Å². The second kappa shape index (κ2) is 7.22. The number of nitrogens with zero attached hydrogens (tertiary/aromatic N) is 2. The third-order valence-corrected chi connectivity index (χ3v) is 5.46. The third kappa shape index (κ3) is 4.79. The summed E-state index contributed by atoms with van der Waals surface area (Å²) in [6.07, 6.45) is 3.04. The van der Waals surface area contributed by atoms with E-state index in [1.807, 2.05) is 20.8 Å². The van der Waals surface area contributed by atoms with Gasteiger partial charge in [-0.25, -0.2) is 4.79 Å². The summed E-state index contributed by atoms with van der Waals surface area (Å²) in [5.41, 5.74) is 1.23. The Labute approximate surface area is 158 Å². The molecule has 1 saturated heterocycles. The molecule has 1 saturated carbocycles. The molecule has 4 heteroatoms. The summed E-state index contributed by atoms with van der Waals surface area (Å²) in [5.74, 6) is 0. The number of ether oxygens (including phenoxy) is 1. The van der Waals surface area contributed by atoms with Gasteiger partial charge in [0.15, 0.2) is 0 Å². The van der Waals surface area contributed by atoms with Crippen LogP contribution in [-0.2, 0) is 11.3 Å². The Hall–Kier alpha value is -1.55. The van der Waals surface area contributed by atoms with E-state index in [4.69, 9.17) is 4.74 Å². The van der Waals surface area contributed by atoms with Crippen molar-refractivity contribution in [1.82, 2.24) is 9.80 Å². The first-order valence-corrected chi connectivity index (χ1v) is 9.91. The maximum absolute atomic E-state index is 12.9. The number of likely N-dealkylation sites (tertiary alicyclic amines) is 1. The first-order chi connectivity index (χ1) is 12.1. The molecule has 1 amide bonds. The average Bonchev–Trinajstić information content (AvgIpc) is 2.93. The van der Waals surface area contributed by atoms with Crippen molar-refractivity contribution in [2.24, 2.45) is 5.41 Å². The van der Waals surface area contributed by atoms with Gasteiger partial charge in [-0.3, -0.25) is 4.90 Å². The Morgan fingerprint density at radius 3 is 2.42 bits per heavy atom. The number of rotatable bonds is 4. The standard InChI is InChI=1S/C22H34N2O2/c1-21(2,3)26-20(25)24(19-13-22(4,5)14-19)18-11-12-23(16-18)15-17-9-7-6-8-10-17/h6-10,18-19H,11-16H2,1-5H3. The van der Waals surface area contributed by atoms with E-state index < -0.39 is 5.60 Å². The first kappa shape index (κ1) is 19.2. The smallest absolute Gasteiger partial charge is 0.410 e. The van der Waals surface area contributed by atoms with Gasteiger partial charge in [-0.2, -0.15) is 0 Å². The summed E-state index contributed by atoms with van der Waals surface area (Å²) < 4.78 is 5.76. The van der Waals surface area contributed by atoms with Gasteiger partial charge >= 0.3 is 6.09 Å². The second-order valence-electron chi connectivity index (χ2n) is 9.78. The number of carbonyl (C=O) groups is 1. The Bertz CT molecular complexity index is 613. The summed E-state index contributed by atoms with van der Waals surface area (Å²) in [6.45, 7) is 13.3. The van der Waals surface area contributed by atoms with Gasteiger partial charge in [0.2, 0.25) is 0 Å². The predicted molar refractivity (Wildman–Crippen MR) is 105 cm³/mol. The largest absolute Gasteiger partial charge is 0.444 e. The Kier molecular flexibility index (Phi) is 5.34. The highest BCUT2D eigenvalue weighted by Gasteiger charge is 2.46. The van der Waals surface area contributed by atoms with Gasteiger partial charge in [-0.05, 0) is 51.0 Å². The van der Waals surface area contributed by atoms with Crippen LogP contribution in [0.4, 0.5) is 4.79 Å². The number of carbonyl (C=O) groups excluding carboxylic acids is 1. The molecular formula is C22H34N2O2. The van der Waals surface area contributed by atoms with Crippen LogP contribution in [0.3, 0.4) is 0 Å². The third-order valence-electron chi connectivity index (χ3n) is 5.46. The van der Waals surface area contributed by atoms with E-state index in [9.17, 15) is 4.79 Å². The van der Waals surface area contributed by atoms with Crippen molar-refractivity contribution >= 4 is 6.09 Å². The summed E-state index contributed by atoms with van der Waals surface area (Å²) in [7, 11) is 0. The maximum Gasteiger partial charge on any atom is 0.410 e. The molecule has 1 atom stereocenters. The van der Waals surface area contributed by atoms with E-state index in [1.54, 1.807) is 0 Å². The fourth-order valence-corrected chi connectivity index (χ4v) is 4.35. The molecule has 1 aromatic rings. The zero-order valence-electron chi connectivity index (χ0n) is 17.0. The van der Waals surface area contributed by atoms with Crippen LogP contribution in [0.5, 0.6) is 0 Å². The van der Waals surface area contributed by atoms with Crippen LogP contribution in [0.15, 0.2) is 30.3 Å². The predicted octanol–water partition coefficient (Wildman–Crippen LogP) is 4.69. The molecule has 1 aliphatic carbocycles. The quantitative estimate of drug-likeness (QED) is 0.783. The Balaban J connectivity index is 1.66. The molecule has 0 aromatic heterocycles. The fourth-order valence-electron chi connectivity index (χ4n) is 4.35. The molecule has 1 unspecified atom stereocenters. The van der Waals surface area contributed by atoms with Crippen LogP contribution in [0, 0.1) is 5.41 Å². The molecule has 2 fully saturated rings. The molecule has 1 heterocycles. The van der Waals surface area contributed by atoms with Gasteiger partial charge in [0.05, 0.1) is 0 Å². The molecule has 26 heavy (non-hydrogen) atoms. The van der Waals surface area contributed by atoms with E-state index in [0.717, 1.165) is 38.9 Å². The van der Waals surface area contributed by atoms with Crippen molar-refractivity contribution in [3.8, 4) is 0 Å². The maximum atomic E-state index is 12.9. The lowest BCUT2D eigenvalue weighted by atomic mass is 9.67. The summed E-state index contributed by atoms with van der Waals surface area (Å²) in [6, 6.07) is 11.2. The number of hydrogen-bond donors (Lipinski definition) is 0. The van der Waals surface area contributed by atoms with Crippen LogP contribution in [-0.4, -0.2) is 46.7 Å². The lowest BCUT2D eigenvalue weighted by Crippen LogP contribution is -2.56. The summed E-state index contributed by atoms with van der Waals surface area (Å²) >= 11 is 0. The van der Waals surface area contributed by atoms with Gasteiger partial charge in [0.1, 0.15) is 5.60 Å². The Morgan fingerprint density at radius 2 is 1.85 bits per heavy atom. The van der Waals surface area contributed by atoms with Crippen molar-refractivity contribution in [2.45, 2.75) is 78.1 Å². The van der Waals surface area contributed by atoms with E-state index in [2.05, 4.69) is 54.0 Å². The van der Waals surface area contributed by atoms with Gasteiger partial charge in [0.25, 0.3) is 0 Å². The molecule has 3 rings (SSSR count). The zero-order chi connectivity index (χ0) is 18.9. The highest BCUT2D eigenvalue weighted by molar-refractivity contribution is 5.69. The van der Waals surface area contributed by atoms with E-state index in [0.29, 0.717) is 11.5 Å². The normalized spacial score (nSPS) is 23.5. The van der Waals surface area contributed by atoms with Crippen LogP contribution < -0.4 is 0 Å². The molecule has 0 spiro atoms. The highest BCUT2D eigenvalue weighted by Crippen LogP contribution is 2.44. The molecule has 2 aliphatic rings. The van der Waals surface area contributed by atoms with E-state index in [-0.39, 0.29) is 12.1 Å². The minimum absolute atomic E-state index is 0.135. The lowest BCUT2D eigenvalue weighted by Gasteiger charge is -2.50. The van der Waals surface area contributed by atoms with Crippen LogP contribution in [0.2, 0.25) is 0 Å². The topological polar surface area (TPSA) is 32.8 Å². The summed E-state index contributed by atoms with van der Waals surface area (Å²) in [4.78, 5) is 17.5. The van der Waals surface area contributed by atoms with E-state index >= 15 is 0 Å². The minimum atomic E-state index is -0.447. The van der Waals surface area contributed by atoms with Crippen molar-refractivity contribution in [1.29, 1.82) is 0 Å². The molecule has 1 aliphatic heterocycles. The molecular weight excluding hydrogens is 324 g/mol. The van der Waals surface area contributed by atoms with Gasteiger partial charge in [-0.1, -0.05) is 44.2 Å². The molecule has 0 N–H and O–H groups in total. The van der Waals surface area contributed by atoms with Crippen LogP contribution >= 0.6 is 0 Å². The van der Waals surface area contributed by atoms with Gasteiger partial charge in [0, 0.05) is 31.7 Å². The van der Waals surface area contributed by atoms with Crippen molar-refractivity contribution in [2.75, 3.05) is 13.1 Å². The molecule has 4 nitrogen and oxygen atoms in total. The summed E-state index contributed by atoms with van der Waals surface area (Å²) in [5, 5.41) is 0. The van der Waals surface area contributed by atoms with Gasteiger partial charge in [-0.15, -0.1) is 0 Å². The molecule has 144 valence electrons. The van der Waals surface area contributed by atoms with E-state index in [1.165, 1.54) is 5.56 Å². The lowest BCUT2D eigenvalue weighted by molar-refractivity contribution is -0.0307. The molecule has 0 radical (unpaired) electrons. The number of amides is 1. The molecule has 1 aromatic carbocycles. The van der Waals surface area contributed by atoms with Gasteiger partial charge < -0.3 is 9.64 Å². The number of hydrogen-bond acceptors (Lipinski definition) is 3. The average molecular weight is 359 g/mol. The zero-order valence-corrected chi connectivity index (χ0v) is 17.0.